The number of fused-ring (bicyclic) bond motifs is 1. The second-order valence-electron chi connectivity index (χ2n) is 6.44. The first kappa shape index (κ1) is 14.7. The molecule has 0 spiro atoms. The number of halogens is 1. The van der Waals surface area contributed by atoms with E-state index in [-0.39, 0.29) is 0 Å². The van der Waals surface area contributed by atoms with Gasteiger partial charge in [0.1, 0.15) is 0 Å². The van der Waals surface area contributed by atoms with E-state index < -0.39 is 0 Å². The molecular formula is C19H20ClN3. The molecule has 0 unspecified atom stereocenters. The fraction of sp³-hybridized carbons (Fsp3) is 0.316. The summed E-state index contributed by atoms with van der Waals surface area (Å²) in [6, 6.07) is 10.5. The van der Waals surface area contributed by atoms with Gasteiger partial charge in [0.15, 0.2) is 0 Å². The van der Waals surface area contributed by atoms with Crippen molar-refractivity contribution in [2.24, 2.45) is 5.73 Å². The number of hydrogen-bond donors (Lipinski definition) is 1. The van der Waals surface area contributed by atoms with Crippen LogP contribution < -0.4 is 5.73 Å². The Kier molecular flexibility index (Phi) is 3.83. The fourth-order valence-corrected chi connectivity index (χ4v) is 3.80. The van der Waals surface area contributed by atoms with E-state index in [4.69, 9.17) is 17.3 Å². The molecule has 0 amide bonds. The molecule has 2 N–H and O–H groups in total. The summed E-state index contributed by atoms with van der Waals surface area (Å²) in [5.41, 5.74) is 9.76. The van der Waals surface area contributed by atoms with E-state index in [0.717, 1.165) is 29.1 Å². The van der Waals surface area contributed by atoms with Gasteiger partial charge in [0, 0.05) is 34.5 Å². The van der Waals surface area contributed by atoms with Crippen molar-refractivity contribution in [1.82, 2.24) is 9.55 Å². The second kappa shape index (κ2) is 5.99. The molecule has 23 heavy (non-hydrogen) atoms. The van der Waals surface area contributed by atoms with Crippen molar-refractivity contribution < 1.29 is 0 Å². The summed E-state index contributed by atoms with van der Waals surface area (Å²) in [6.45, 7) is 0. The molecule has 4 heteroatoms. The van der Waals surface area contributed by atoms with E-state index in [1.54, 1.807) is 0 Å². The van der Waals surface area contributed by atoms with Crippen LogP contribution in [0.5, 0.6) is 0 Å². The lowest BCUT2D eigenvalue weighted by atomic mass is 9.82. The zero-order valence-corrected chi connectivity index (χ0v) is 13.7. The Morgan fingerprint density at radius 2 is 1.78 bits per heavy atom. The molecule has 1 aliphatic rings. The molecule has 4 rings (SSSR count). The Morgan fingerprint density at radius 3 is 2.52 bits per heavy atom. The molecule has 2 heterocycles. The van der Waals surface area contributed by atoms with Crippen LogP contribution in [0.1, 0.15) is 37.2 Å². The van der Waals surface area contributed by atoms with E-state index in [2.05, 4.69) is 33.9 Å². The summed E-state index contributed by atoms with van der Waals surface area (Å²) in [7, 11) is 0. The maximum Gasteiger partial charge on any atom is 0.0715 e. The highest BCUT2D eigenvalue weighted by atomic mass is 35.5. The summed E-state index contributed by atoms with van der Waals surface area (Å²) >= 11 is 6.02. The van der Waals surface area contributed by atoms with Gasteiger partial charge in [-0.15, -0.1) is 0 Å². The van der Waals surface area contributed by atoms with Crippen molar-refractivity contribution in [3.05, 3.63) is 59.5 Å². The number of pyridine rings is 1. The summed E-state index contributed by atoms with van der Waals surface area (Å²) in [6.07, 6.45) is 10.7. The topological polar surface area (TPSA) is 43.8 Å². The Morgan fingerprint density at radius 1 is 1.04 bits per heavy atom. The van der Waals surface area contributed by atoms with Crippen LogP contribution in [0.25, 0.3) is 16.6 Å². The minimum atomic E-state index is 0.373. The third-order valence-corrected chi connectivity index (χ3v) is 5.21. The van der Waals surface area contributed by atoms with Gasteiger partial charge in [-0.2, -0.15) is 0 Å². The molecule has 0 atom stereocenters. The molecule has 3 nitrogen and oxygen atoms in total. The Bertz CT molecular complexity index is 814. The molecule has 0 bridgehead atoms. The zero-order valence-electron chi connectivity index (χ0n) is 13.0. The number of aromatic nitrogens is 2. The molecule has 3 aromatic rings. The molecule has 2 aromatic heterocycles. The van der Waals surface area contributed by atoms with Gasteiger partial charge in [-0.25, -0.2) is 0 Å². The van der Waals surface area contributed by atoms with Gasteiger partial charge in [0.2, 0.25) is 0 Å². The maximum atomic E-state index is 6.07. The van der Waals surface area contributed by atoms with Crippen LogP contribution in [0.3, 0.4) is 0 Å². The maximum absolute atomic E-state index is 6.07. The molecule has 0 aliphatic heterocycles. The SMILES string of the molecule is NC1CCC(c2cn(-c3ccc(Cl)cc3)c3cnccc23)CC1. The summed E-state index contributed by atoms with van der Waals surface area (Å²) in [4.78, 5) is 4.32. The average molecular weight is 326 g/mol. The standard InChI is InChI=1S/C19H20ClN3/c20-14-3-7-16(8-4-14)23-12-18(13-1-5-15(21)6-2-13)17-9-10-22-11-19(17)23/h3-4,7-13,15H,1-2,5-6,21H2. The highest BCUT2D eigenvalue weighted by Gasteiger charge is 2.23. The first-order valence-electron chi connectivity index (χ1n) is 8.19. The lowest BCUT2D eigenvalue weighted by Gasteiger charge is -2.25. The van der Waals surface area contributed by atoms with Crippen LogP contribution >= 0.6 is 11.6 Å². The van der Waals surface area contributed by atoms with Crippen LogP contribution in [0, 0.1) is 0 Å². The van der Waals surface area contributed by atoms with Crippen LogP contribution in [0.15, 0.2) is 48.9 Å². The van der Waals surface area contributed by atoms with E-state index in [9.17, 15) is 0 Å². The van der Waals surface area contributed by atoms with Gasteiger partial charge in [-0.3, -0.25) is 4.98 Å². The number of nitrogens with zero attached hydrogens (tertiary/aromatic N) is 2. The summed E-state index contributed by atoms with van der Waals surface area (Å²) < 4.78 is 2.22. The lowest BCUT2D eigenvalue weighted by molar-refractivity contribution is 0.397. The third kappa shape index (κ3) is 2.75. The van der Waals surface area contributed by atoms with E-state index in [1.165, 1.54) is 23.8 Å². The predicted octanol–water partition coefficient (Wildman–Crippen LogP) is 4.66. The number of benzene rings is 1. The average Bonchev–Trinajstić information content (AvgIpc) is 2.96. The summed E-state index contributed by atoms with van der Waals surface area (Å²) in [5, 5.41) is 2.06. The third-order valence-electron chi connectivity index (χ3n) is 4.96. The monoisotopic (exact) mass is 325 g/mol. The van der Waals surface area contributed by atoms with Crippen LogP contribution in [0.4, 0.5) is 0 Å². The van der Waals surface area contributed by atoms with Crippen LogP contribution in [-0.4, -0.2) is 15.6 Å². The molecular weight excluding hydrogens is 306 g/mol. The van der Waals surface area contributed by atoms with Crippen molar-refractivity contribution in [2.45, 2.75) is 37.6 Å². The van der Waals surface area contributed by atoms with E-state index in [1.807, 2.05) is 24.5 Å². The highest BCUT2D eigenvalue weighted by molar-refractivity contribution is 6.30. The largest absolute Gasteiger partial charge is 0.328 e. The van der Waals surface area contributed by atoms with Crippen LogP contribution in [-0.2, 0) is 0 Å². The number of nitrogens with two attached hydrogens (primary N) is 1. The van der Waals surface area contributed by atoms with Crippen molar-refractivity contribution in [3.8, 4) is 5.69 Å². The minimum Gasteiger partial charge on any atom is -0.328 e. The van der Waals surface area contributed by atoms with Crippen molar-refractivity contribution in [2.75, 3.05) is 0 Å². The molecule has 118 valence electrons. The molecule has 1 aromatic carbocycles. The van der Waals surface area contributed by atoms with Gasteiger partial charge >= 0.3 is 0 Å². The highest BCUT2D eigenvalue weighted by Crippen LogP contribution is 2.37. The first-order chi connectivity index (χ1) is 11.2. The fourth-order valence-electron chi connectivity index (χ4n) is 3.67. The second-order valence-corrected chi connectivity index (χ2v) is 6.87. The Labute approximate surface area is 141 Å². The van der Waals surface area contributed by atoms with Crippen molar-refractivity contribution in [1.29, 1.82) is 0 Å². The van der Waals surface area contributed by atoms with E-state index in [0.29, 0.717) is 12.0 Å². The first-order valence-corrected chi connectivity index (χ1v) is 8.56. The molecule has 1 aliphatic carbocycles. The van der Waals surface area contributed by atoms with Gasteiger partial charge in [-0.1, -0.05) is 11.6 Å². The molecule has 0 saturated heterocycles. The Balaban J connectivity index is 1.81. The Hall–Kier alpha value is -1.84. The summed E-state index contributed by atoms with van der Waals surface area (Å²) in [5.74, 6) is 0.591. The van der Waals surface area contributed by atoms with E-state index >= 15 is 0 Å². The predicted molar refractivity (Wildman–Crippen MR) is 95.3 cm³/mol. The quantitative estimate of drug-likeness (QED) is 0.744. The van der Waals surface area contributed by atoms with Gasteiger partial charge < -0.3 is 10.3 Å². The smallest absolute Gasteiger partial charge is 0.0715 e. The van der Waals surface area contributed by atoms with Gasteiger partial charge in [0.25, 0.3) is 0 Å². The molecule has 1 saturated carbocycles. The number of hydrogen-bond acceptors (Lipinski definition) is 2. The normalized spacial score (nSPS) is 21.7. The van der Waals surface area contributed by atoms with Gasteiger partial charge in [-0.05, 0) is 67.5 Å². The van der Waals surface area contributed by atoms with Crippen molar-refractivity contribution in [3.63, 3.8) is 0 Å². The van der Waals surface area contributed by atoms with Crippen molar-refractivity contribution >= 4 is 22.5 Å². The molecule has 1 fully saturated rings. The minimum absolute atomic E-state index is 0.373. The zero-order chi connectivity index (χ0) is 15.8. The van der Waals surface area contributed by atoms with Crippen LogP contribution in [0.2, 0.25) is 5.02 Å². The molecule has 0 radical (unpaired) electrons. The number of rotatable bonds is 2. The van der Waals surface area contributed by atoms with Gasteiger partial charge in [0.05, 0.1) is 11.7 Å². The lowest BCUT2D eigenvalue weighted by Crippen LogP contribution is -2.25.